The fourth-order valence-corrected chi connectivity index (χ4v) is 2.96. The first kappa shape index (κ1) is 15.4. The standard InChI is InChI=1S/C17H21NO3/c1-13-7-10-17(19)16(11-13)15(12-18(20)21)9-8-14-5-3-2-4-6-14/h2-6,8-9,13,15-16H,7,10-12H2,1H3/b9-8+/t13?,15-,16+/m1/s1. The summed E-state index contributed by atoms with van der Waals surface area (Å²) in [4.78, 5) is 22.7. The molecule has 2 rings (SSSR count). The molecule has 0 N–H and O–H groups in total. The van der Waals surface area contributed by atoms with E-state index in [1.807, 2.05) is 42.5 Å². The van der Waals surface area contributed by atoms with Gasteiger partial charge in [0.1, 0.15) is 5.78 Å². The minimum absolute atomic E-state index is 0.174. The molecule has 1 fully saturated rings. The predicted octanol–water partition coefficient (Wildman–Crippen LogP) is 3.60. The summed E-state index contributed by atoms with van der Waals surface area (Å²) in [6.45, 7) is 1.94. The van der Waals surface area contributed by atoms with Gasteiger partial charge in [0.05, 0.1) is 5.92 Å². The molecule has 0 bridgehead atoms. The van der Waals surface area contributed by atoms with Crippen LogP contribution >= 0.6 is 0 Å². The number of benzene rings is 1. The second-order valence-corrected chi connectivity index (χ2v) is 5.90. The summed E-state index contributed by atoms with van der Waals surface area (Å²) in [6.07, 6.45) is 5.96. The second kappa shape index (κ2) is 7.16. The molecule has 4 nitrogen and oxygen atoms in total. The Bertz CT molecular complexity index is 524. The minimum atomic E-state index is -0.313. The lowest BCUT2D eigenvalue weighted by Crippen LogP contribution is -2.32. The van der Waals surface area contributed by atoms with Crippen LogP contribution in [0.3, 0.4) is 0 Å². The van der Waals surface area contributed by atoms with Crippen LogP contribution in [0.4, 0.5) is 0 Å². The van der Waals surface area contributed by atoms with Crippen molar-refractivity contribution in [1.29, 1.82) is 0 Å². The molecule has 1 aliphatic carbocycles. The number of ketones is 1. The van der Waals surface area contributed by atoms with Gasteiger partial charge in [-0.3, -0.25) is 14.9 Å². The number of hydrogen-bond donors (Lipinski definition) is 0. The Kier molecular flexibility index (Phi) is 5.26. The van der Waals surface area contributed by atoms with Gasteiger partial charge in [-0.05, 0) is 24.3 Å². The molecule has 0 saturated heterocycles. The highest BCUT2D eigenvalue weighted by atomic mass is 16.6. The predicted molar refractivity (Wildman–Crippen MR) is 82.3 cm³/mol. The lowest BCUT2D eigenvalue weighted by molar-refractivity contribution is -0.487. The van der Waals surface area contributed by atoms with E-state index in [0.717, 1.165) is 18.4 Å². The van der Waals surface area contributed by atoms with Gasteiger partial charge in [-0.2, -0.15) is 0 Å². The number of Topliss-reactive ketones (excluding diaryl/α,β-unsaturated/α-hetero) is 1. The quantitative estimate of drug-likeness (QED) is 0.614. The zero-order valence-electron chi connectivity index (χ0n) is 12.3. The maximum Gasteiger partial charge on any atom is 0.210 e. The van der Waals surface area contributed by atoms with E-state index in [1.165, 1.54) is 0 Å². The SMILES string of the molecule is CC1CCC(=O)[C@H]([C@H](/C=C/c2ccccc2)C[N+](=O)[O-])C1. The largest absolute Gasteiger partial charge is 0.299 e. The third-order valence-electron chi connectivity index (χ3n) is 4.17. The van der Waals surface area contributed by atoms with E-state index >= 15 is 0 Å². The minimum Gasteiger partial charge on any atom is -0.299 e. The first-order chi connectivity index (χ1) is 10.1. The third-order valence-corrected chi connectivity index (χ3v) is 4.17. The first-order valence-electron chi connectivity index (χ1n) is 7.44. The normalized spacial score (nSPS) is 24.1. The van der Waals surface area contributed by atoms with Crippen molar-refractivity contribution in [3.8, 4) is 0 Å². The van der Waals surface area contributed by atoms with E-state index in [9.17, 15) is 14.9 Å². The molecule has 0 radical (unpaired) electrons. The van der Waals surface area contributed by atoms with Gasteiger partial charge in [0.25, 0.3) is 0 Å². The summed E-state index contributed by atoms with van der Waals surface area (Å²) in [5.74, 6) is 0.124. The Morgan fingerprint density at radius 3 is 2.76 bits per heavy atom. The lowest BCUT2D eigenvalue weighted by Gasteiger charge is -2.28. The zero-order valence-corrected chi connectivity index (χ0v) is 12.3. The first-order valence-corrected chi connectivity index (χ1v) is 7.44. The summed E-state index contributed by atoms with van der Waals surface area (Å²) in [7, 11) is 0. The summed E-state index contributed by atoms with van der Waals surface area (Å²) in [5, 5.41) is 10.9. The van der Waals surface area contributed by atoms with Gasteiger partial charge in [0, 0.05) is 17.3 Å². The van der Waals surface area contributed by atoms with E-state index in [-0.39, 0.29) is 29.1 Å². The van der Waals surface area contributed by atoms with E-state index < -0.39 is 0 Å². The molecular weight excluding hydrogens is 266 g/mol. The zero-order chi connectivity index (χ0) is 15.2. The summed E-state index contributed by atoms with van der Waals surface area (Å²) < 4.78 is 0. The summed E-state index contributed by atoms with van der Waals surface area (Å²) >= 11 is 0. The molecule has 1 saturated carbocycles. The number of rotatable bonds is 5. The molecule has 1 aliphatic rings. The fraction of sp³-hybridized carbons (Fsp3) is 0.471. The molecule has 112 valence electrons. The second-order valence-electron chi connectivity index (χ2n) is 5.90. The van der Waals surface area contributed by atoms with Crippen molar-refractivity contribution >= 4 is 11.9 Å². The maximum absolute atomic E-state index is 12.1. The maximum atomic E-state index is 12.1. The molecule has 0 aliphatic heterocycles. The van der Waals surface area contributed by atoms with Gasteiger partial charge in [0.2, 0.25) is 6.54 Å². The van der Waals surface area contributed by atoms with Gasteiger partial charge in [-0.15, -0.1) is 0 Å². The highest BCUT2D eigenvalue weighted by Gasteiger charge is 2.34. The van der Waals surface area contributed by atoms with E-state index in [0.29, 0.717) is 12.3 Å². The van der Waals surface area contributed by atoms with Crippen molar-refractivity contribution < 1.29 is 9.72 Å². The Balaban J connectivity index is 2.15. The average Bonchev–Trinajstić information content (AvgIpc) is 2.47. The Morgan fingerprint density at radius 2 is 2.10 bits per heavy atom. The Labute approximate surface area is 125 Å². The monoisotopic (exact) mass is 287 g/mol. The van der Waals surface area contributed by atoms with Crippen molar-refractivity contribution in [3.05, 3.63) is 52.1 Å². The van der Waals surface area contributed by atoms with Gasteiger partial charge >= 0.3 is 0 Å². The Morgan fingerprint density at radius 1 is 1.38 bits per heavy atom. The highest BCUT2D eigenvalue weighted by molar-refractivity contribution is 5.82. The number of hydrogen-bond acceptors (Lipinski definition) is 3. The van der Waals surface area contributed by atoms with Crippen LogP contribution in [0.2, 0.25) is 0 Å². The smallest absolute Gasteiger partial charge is 0.210 e. The van der Waals surface area contributed by atoms with Gasteiger partial charge in [-0.25, -0.2) is 0 Å². The summed E-state index contributed by atoms with van der Waals surface area (Å²) in [6, 6.07) is 9.68. The number of carbonyl (C=O) groups excluding carboxylic acids is 1. The van der Waals surface area contributed by atoms with Crippen LogP contribution in [0.25, 0.3) is 6.08 Å². The number of nitro groups is 1. The van der Waals surface area contributed by atoms with Crippen LogP contribution < -0.4 is 0 Å². The number of nitrogens with zero attached hydrogens (tertiary/aromatic N) is 1. The van der Waals surface area contributed by atoms with Gasteiger partial charge < -0.3 is 0 Å². The fourth-order valence-electron chi connectivity index (χ4n) is 2.96. The molecule has 1 aromatic rings. The van der Waals surface area contributed by atoms with Crippen LogP contribution in [0, 0.1) is 27.9 Å². The van der Waals surface area contributed by atoms with Crippen molar-refractivity contribution in [1.82, 2.24) is 0 Å². The van der Waals surface area contributed by atoms with Crippen LogP contribution in [0.1, 0.15) is 31.7 Å². The molecule has 1 unspecified atom stereocenters. The molecule has 0 spiro atoms. The topological polar surface area (TPSA) is 60.2 Å². The Hall–Kier alpha value is -1.97. The molecule has 0 heterocycles. The van der Waals surface area contributed by atoms with Crippen LogP contribution in [-0.2, 0) is 4.79 Å². The van der Waals surface area contributed by atoms with E-state index in [1.54, 1.807) is 0 Å². The van der Waals surface area contributed by atoms with Crippen molar-refractivity contribution in [2.75, 3.05) is 6.54 Å². The van der Waals surface area contributed by atoms with Crippen LogP contribution in [-0.4, -0.2) is 17.3 Å². The molecule has 0 amide bonds. The van der Waals surface area contributed by atoms with Gasteiger partial charge in [-0.1, -0.05) is 49.4 Å². The van der Waals surface area contributed by atoms with E-state index in [4.69, 9.17) is 0 Å². The van der Waals surface area contributed by atoms with Crippen molar-refractivity contribution in [2.45, 2.75) is 26.2 Å². The average molecular weight is 287 g/mol. The lowest BCUT2D eigenvalue weighted by atomic mass is 9.74. The molecule has 0 aromatic heterocycles. The molecule has 3 atom stereocenters. The number of carbonyl (C=O) groups is 1. The van der Waals surface area contributed by atoms with E-state index in [2.05, 4.69) is 6.92 Å². The molecule has 1 aromatic carbocycles. The van der Waals surface area contributed by atoms with Crippen LogP contribution in [0.15, 0.2) is 36.4 Å². The third kappa shape index (κ3) is 4.52. The molecular formula is C17H21NO3. The highest BCUT2D eigenvalue weighted by Crippen LogP contribution is 2.32. The van der Waals surface area contributed by atoms with Gasteiger partial charge in [0.15, 0.2) is 0 Å². The van der Waals surface area contributed by atoms with Crippen LogP contribution in [0.5, 0.6) is 0 Å². The van der Waals surface area contributed by atoms with Crippen molar-refractivity contribution in [3.63, 3.8) is 0 Å². The summed E-state index contributed by atoms with van der Waals surface area (Å²) in [5.41, 5.74) is 1.00. The van der Waals surface area contributed by atoms with Crippen molar-refractivity contribution in [2.24, 2.45) is 17.8 Å². The molecule has 21 heavy (non-hydrogen) atoms. The molecule has 4 heteroatoms.